The van der Waals surface area contributed by atoms with Gasteiger partial charge in [0.05, 0.1) is 0 Å². The molecular formula is C9H19LiMg. The molecule has 0 amide bonds. The van der Waals surface area contributed by atoms with Crippen LogP contribution in [0.5, 0.6) is 0 Å². The zero-order chi connectivity index (χ0) is 7.82. The van der Waals surface area contributed by atoms with Gasteiger partial charge in [-0.2, -0.15) is 4.05 Å². The monoisotopic (exact) mass is 158 g/mol. The van der Waals surface area contributed by atoms with Crippen LogP contribution in [0.4, 0.5) is 0 Å². The Morgan fingerprint density at radius 2 is 1.36 bits per heavy atom. The summed E-state index contributed by atoms with van der Waals surface area (Å²) in [4.78, 5) is 0. The Hall–Kier alpha value is 1.36. The Labute approximate surface area is 96.5 Å². The van der Waals surface area contributed by atoms with Gasteiger partial charge >= 0.3 is 0 Å². The van der Waals surface area contributed by atoms with Crippen LogP contribution in [0.25, 0.3) is 0 Å². The molecule has 0 fully saturated rings. The second kappa shape index (κ2) is 11.4. The second-order valence-electron chi connectivity index (χ2n) is 3.15. The van der Waals surface area contributed by atoms with E-state index < -0.39 is 0 Å². The van der Waals surface area contributed by atoms with Crippen molar-refractivity contribution in [2.45, 2.75) is 56.4 Å². The maximum Gasteiger partial charge on any atom is 0.227 e. The molecule has 0 aliphatic heterocycles. The second-order valence-corrected chi connectivity index (χ2v) is 4.31. The van der Waals surface area contributed by atoms with E-state index in [1.807, 2.05) is 0 Å². The minimum absolute atomic E-state index is 0. The molecule has 0 aromatic carbocycles. The van der Waals surface area contributed by atoms with E-state index in [4.69, 9.17) is 0 Å². The molecule has 11 heavy (non-hydrogen) atoms. The maximum atomic E-state index is 2.27. The van der Waals surface area contributed by atoms with Crippen molar-refractivity contribution < 1.29 is 0 Å². The molecule has 0 spiro atoms. The Kier molecular flexibility index (Phi) is 15.4. The fraction of sp³-hybridized carbons (Fsp3) is 1.00. The van der Waals surface area contributed by atoms with E-state index in [-0.39, 0.29) is 18.9 Å². The van der Waals surface area contributed by atoms with Crippen molar-refractivity contribution in [2.75, 3.05) is 0 Å². The van der Waals surface area contributed by atoms with Crippen molar-refractivity contribution in [3.8, 4) is 0 Å². The summed E-state index contributed by atoms with van der Waals surface area (Å²) in [6, 6.07) is 0. The van der Waals surface area contributed by atoms with E-state index in [9.17, 15) is 0 Å². The van der Waals surface area contributed by atoms with E-state index >= 15 is 0 Å². The van der Waals surface area contributed by atoms with E-state index in [2.05, 4.69) is 35.6 Å². The van der Waals surface area contributed by atoms with Gasteiger partial charge in [-0.05, 0) is 0 Å². The van der Waals surface area contributed by atoms with Crippen LogP contribution in [0, 0.1) is 0 Å². The summed E-state index contributed by atoms with van der Waals surface area (Å²) in [5.74, 6) is 0. The standard InChI is InChI=1S/C9H19.Li.Mg/c1-3-5-7-9-8-6-4-2;;/h9H,3-8H2,1-2H3;;. The molecule has 0 bridgehead atoms. The van der Waals surface area contributed by atoms with E-state index in [0.717, 1.165) is 4.05 Å². The number of unbranched alkanes of at least 4 members (excludes halogenated alkanes) is 2. The molecular weight excluding hydrogens is 139 g/mol. The smallest absolute Gasteiger partial charge is 0.166 e. The number of hydrogen-bond acceptors (Lipinski definition) is 0. The predicted octanol–water partition coefficient (Wildman–Crippen LogP) is 2.94. The Bertz CT molecular complexity index is 58.6. The van der Waals surface area contributed by atoms with E-state index in [0.29, 0.717) is 0 Å². The van der Waals surface area contributed by atoms with Gasteiger partial charge in [0, 0.05) is 18.9 Å². The fourth-order valence-corrected chi connectivity index (χ4v) is 1.71. The molecule has 0 atom stereocenters. The fourth-order valence-electron chi connectivity index (χ4n) is 1.13. The van der Waals surface area contributed by atoms with Gasteiger partial charge in [0.2, 0.25) is 21.7 Å². The van der Waals surface area contributed by atoms with E-state index in [1.165, 1.54) is 38.5 Å². The van der Waals surface area contributed by atoms with Crippen molar-refractivity contribution in [1.29, 1.82) is 0 Å². The van der Waals surface area contributed by atoms with E-state index in [1.54, 1.807) is 0 Å². The Morgan fingerprint density at radius 3 is 1.64 bits per heavy atom. The first kappa shape index (κ1) is 14.9. The van der Waals surface area contributed by atoms with Crippen molar-refractivity contribution in [1.82, 2.24) is 0 Å². The number of hydrogen-bond donors (Lipinski definition) is 0. The van der Waals surface area contributed by atoms with Gasteiger partial charge < -0.3 is 0 Å². The molecule has 0 aliphatic carbocycles. The topological polar surface area (TPSA) is 0 Å². The minimum Gasteiger partial charge on any atom is -0.166 e. The summed E-state index contributed by atoms with van der Waals surface area (Å²) >= 11 is 2.19. The van der Waals surface area contributed by atoms with Crippen molar-refractivity contribution in [3.05, 3.63) is 0 Å². The first-order valence-corrected chi connectivity index (χ1v) is 5.46. The van der Waals surface area contributed by atoms with Gasteiger partial charge in [-0.25, -0.2) is 0 Å². The molecule has 2 heteroatoms. The third-order valence-corrected chi connectivity index (χ3v) is 2.75. The van der Waals surface area contributed by atoms with Gasteiger partial charge in [-0.3, -0.25) is 0 Å². The molecule has 0 N–H and O–H groups in total. The Morgan fingerprint density at radius 1 is 1.00 bits per heavy atom. The summed E-state index contributed by atoms with van der Waals surface area (Å²) < 4.78 is 1.000. The molecule has 0 saturated carbocycles. The average Bonchev–Trinajstić information content (AvgIpc) is 1.97. The van der Waals surface area contributed by atoms with Crippen LogP contribution in [-0.4, -0.2) is 40.6 Å². The zero-order valence-corrected chi connectivity index (χ0v) is 9.94. The summed E-state index contributed by atoms with van der Waals surface area (Å²) in [6.45, 7) is 4.55. The van der Waals surface area contributed by atoms with Gasteiger partial charge in [-0.1, -0.05) is 52.4 Å². The van der Waals surface area contributed by atoms with Crippen LogP contribution in [-0.2, 0) is 0 Å². The number of rotatable bonds is 6. The Balaban J connectivity index is 0. The molecule has 0 unspecified atom stereocenters. The molecule has 0 aromatic rings. The van der Waals surface area contributed by atoms with Crippen molar-refractivity contribution in [3.63, 3.8) is 0 Å². The molecule has 2 radical (unpaired) electrons. The molecule has 0 rings (SSSR count). The molecule has 0 aromatic heterocycles. The predicted molar refractivity (Wildman–Crippen MR) is 54.3 cm³/mol. The largest absolute Gasteiger partial charge is 0.227 e. The third-order valence-electron chi connectivity index (χ3n) is 1.93. The van der Waals surface area contributed by atoms with Crippen molar-refractivity contribution in [2.24, 2.45) is 0 Å². The minimum atomic E-state index is 0. The normalized spacial score (nSPS) is 9.64. The average molecular weight is 158 g/mol. The van der Waals surface area contributed by atoms with Crippen LogP contribution in [0.1, 0.15) is 52.4 Å². The summed E-state index contributed by atoms with van der Waals surface area (Å²) in [5, 5.41) is 0. The van der Waals surface area contributed by atoms with Gasteiger partial charge in [0.25, 0.3) is 0 Å². The quantitative estimate of drug-likeness (QED) is 0.522. The summed E-state index contributed by atoms with van der Waals surface area (Å²) in [7, 11) is 0. The van der Waals surface area contributed by atoms with Crippen LogP contribution < -0.4 is 0 Å². The molecule has 0 saturated heterocycles. The van der Waals surface area contributed by atoms with Crippen LogP contribution in [0.15, 0.2) is 0 Å². The van der Waals surface area contributed by atoms with Gasteiger partial charge in [-0.15, -0.1) is 0 Å². The van der Waals surface area contributed by atoms with Crippen LogP contribution in [0.2, 0.25) is 4.05 Å². The first-order valence-electron chi connectivity index (χ1n) is 4.64. The third kappa shape index (κ3) is 11.4. The van der Waals surface area contributed by atoms with Crippen molar-refractivity contribution >= 4 is 40.6 Å². The van der Waals surface area contributed by atoms with Crippen LogP contribution in [0.3, 0.4) is 0 Å². The molecule has 0 aliphatic rings. The molecule has 58 valence electrons. The molecule has 0 nitrogen and oxygen atoms in total. The first-order chi connectivity index (χ1) is 4.81. The maximum absolute atomic E-state index is 2.27. The molecule has 0 heterocycles. The SMILES string of the molecule is CCCC[CH]([Mg])CCCC.[Li]. The van der Waals surface area contributed by atoms with Gasteiger partial charge in [0.15, 0.2) is 0 Å². The van der Waals surface area contributed by atoms with Crippen LogP contribution >= 0.6 is 0 Å². The summed E-state index contributed by atoms with van der Waals surface area (Å²) in [6.07, 6.45) is 8.49. The summed E-state index contributed by atoms with van der Waals surface area (Å²) in [5.41, 5.74) is 0. The van der Waals surface area contributed by atoms with Gasteiger partial charge in [0.1, 0.15) is 0 Å². The zero-order valence-electron chi connectivity index (χ0n) is 8.53.